The topological polar surface area (TPSA) is 60.2 Å². The van der Waals surface area contributed by atoms with E-state index in [4.69, 9.17) is 0 Å². The van der Waals surface area contributed by atoms with E-state index in [1.54, 1.807) is 4.68 Å². The second-order valence-corrected chi connectivity index (χ2v) is 3.45. The molecule has 0 N–H and O–H groups in total. The van der Waals surface area contributed by atoms with Crippen molar-refractivity contribution in [3.8, 4) is 0 Å². The maximum Gasteiger partial charge on any atom is 0.306 e. The highest BCUT2D eigenvalue weighted by Gasteiger charge is 2.06. The van der Waals surface area contributed by atoms with Crippen molar-refractivity contribution in [2.75, 3.05) is 20.7 Å². The van der Waals surface area contributed by atoms with Gasteiger partial charge in [-0.15, -0.1) is 5.10 Å². The summed E-state index contributed by atoms with van der Waals surface area (Å²) in [6, 6.07) is 0. The van der Waals surface area contributed by atoms with Crippen LogP contribution in [0, 0.1) is 0 Å². The van der Waals surface area contributed by atoms with E-state index in [9.17, 15) is 4.79 Å². The van der Waals surface area contributed by atoms with Crippen LogP contribution >= 0.6 is 0 Å². The summed E-state index contributed by atoms with van der Waals surface area (Å²) < 4.78 is 6.21. The van der Waals surface area contributed by atoms with Crippen molar-refractivity contribution >= 4 is 5.97 Å². The van der Waals surface area contributed by atoms with Gasteiger partial charge in [0.05, 0.1) is 19.2 Å². The Morgan fingerprint density at radius 2 is 2.40 bits per heavy atom. The molecule has 0 amide bonds. The minimum Gasteiger partial charge on any atom is -0.469 e. The first-order valence-electron chi connectivity index (χ1n) is 4.72. The molecule has 0 saturated heterocycles. The SMILES string of the molecule is COC(=O)CCN(C)Cc1cn(C)nn1. The van der Waals surface area contributed by atoms with E-state index >= 15 is 0 Å². The fourth-order valence-electron chi connectivity index (χ4n) is 1.21. The standard InChI is InChI=1S/C9H16N4O2/c1-12(5-4-9(14)15-3)6-8-7-13(2)11-10-8/h7H,4-6H2,1-3H3. The first-order valence-corrected chi connectivity index (χ1v) is 4.72. The minimum atomic E-state index is -0.194. The van der Waals surface area contributed by atoms with Crippen LogP contribution in [0.3, 0.4) is 0 Å². The van der Waals surface area contributed by atoms with Crippen molar-refractivity contribution in [1.82, 2.24) is 19.9 Å². The highest BCUT2D eigenvalue weighted by Crippen LogP contribution is 1.98. The number of esters is 1. The lowest BCUT2D eigenvalue weighted by molar-refractivity contribution is -0.140. The second kappa shape index (κ2) is 5.45. The van der Waals surface area contributed by atoms with Gasteiger partial charge in [0, 0.05) is 26.3 Å². The van der Waals surface area contributed by atoms with Gasteiger partial charge in [-0.25, -0.2) is 0 Å². The first kappa shape index (κ1) is 11.6. The molecule has 0 bridgehead atoms. The van der Waals surface area contributed by atoms with Crippen molar-refractivity contribution in [1.29, 1.82) is 0 Å². The number of nitrogens with zero attached hydrogens (tertiary/aromatic N) is 4. The molecule has 0 aliphatic rings. The normalized spacial score (nSPS) is 10.7. The number of hydrogen-bond acceptors (Lipinski definition) is 5. The van der Waals surface area contributed by atoms with Gasteiger partial charge in [0.25, 0.3) is 0 Å². The second-order valence-electron chi connectivity index (χ2n) is 3.45. The zero-order valence-electron chi connectivity index (χ0n) is 9.30. The number of carbonyl (C=O) groups excluding carboxylic acids is 1. The lowest BCUT2D eigenvalue weighted by Gasteiger charge is -2.13. The summed E-state index contributed by atoms with van der Waals surface area (Å²) >= 11 is 0. The molecule has 1 heterocycles. The van der Waals surface area contributed by atoms with E-state index in [0.29, 0.717) is 19.5 Å². The summed E-state index contributed by atoms with van der Waals surface area (Å²) in [6.45, 7) is 1.34. The summed E-state index contributed by atoms with van der Waals surface area (Å²) in [4.78, 5) is 12.9. The maximum absolute atomic E-state index is 10.9. The molecule has 0 aliphatic carbocycles. The van der Waals surface area contributed by atoms with Gasteiger partial charge in [-0.3, -0.25) is 14.4 Å². The lowest BCUT2D eigenvalue weighted by Crippen LogP contribution is -2.22. The van der Waals surface area contributed by atoms with Crippen molar-refractivity contribution in [3.05, 3.63) is 11.9 Å². The summed E-state index contributed by atoms with van der Waals surface area (Å²) in [5.41, 5.74) is 0.893. The average Bonchev–Trinajstić information content (AvgIpc) is 2.60. The van der Waals surface area contributed by atoms with E-state index in [1.807, 2.05) is 25.2 Å². The van der Waals surface area contributed by atoms with Crippen LogP contribution in [0.1, 0.15) is 12.1 Å². The molecular formula is C9H16N4O2. The lowest BCUT2D eigenvalue weighted by atomic mass is 10.3. The average molecular weight is 212 g/mol. The Labute approximate surface area is 88.8 Å². The maximum atomic E-state index is 10.9. The highest BCUT2D eigenvalue weighted by atomic mass is 16.5. The van der Waals surface area contributed by atoms with E-state index < -0.39 is 0 Å². The Morgan fingerprint density at radius 1 is 1.67 bits per heavy atom. The quantitative estimate of drug-likeness (QED) is 0.633. The summed E-state index contributed by atoms with van der Waals surface area (Å²) in [7, 11) is 5.15. The van der Waals surface area contributed by atoms with Crippen LogP contribution in [0.25, 0.3) is 0 Å². The van der Waals surface area contributed by atoms with Gasteiger partial charge in [0.1, 0.15) is 0 Å². The molecule has 1 aromatic rings. The molecule has 6 heteroatoms. The van der Waals surface area contributed by atoms with Crippen LogP contribution in [0.2, 0.25) is 0 Å². The molecule has 1 rings (SSSR count). The Kier molecular flexibility index (Phi) is 4.23. The molecule has 0 unspecified atom stereocenters. The van der Waals surface area contributed by atoms with Crippen molar-refractivity contribution in [3.63, 3.8) is 0 Å². The largest absolute Gasteiger partial charge is 0.469 e. The highest BCUT2D eigenvalue weighted by molar-refractivity contribution is 5.69. The number of carbonyl (C=O) groups is 1. The van der Waals surface area contributed by atoms with Crippen LogP contribution in [-0.4, -0.2) is 46.6 Å². The summed E-state index contributed by atoms with van der Waals surface area (Å²) in [5.74, 6) is -0.194. The van der Waals surface area contributed by atoms with Gasteiger partial charge >= 0.3 is 5.97 Å². The monoisotopic (exact) mass is 212 g/mol. The predicted octanol–water partition coefficient (Wildman–Crippen LogP) is -0.190. The molecule has 0 fully saturated rings. The molecule has 0 radical (unpaired) electrons. The molecule has 0 saturated carbocycles. The summed E-state index contributed by atoms with van der Waals surface area (Å²) in [6.07, 6.45) is 2.25. The van der Waals surface area contributed by atoms with Crippen LogP contribution in [0.4, 0.5) is 0 Å². The summed E-state index contributed by atoms with van der Waals surface area (Å²) in [5, 5.41) is 7.79. The Morgan fingerprint density at radius 3 is 2.93 bits per heavy atom. The zero-order valence-corrected chi connectivity index (χ0v) is 9.30. The van der Waals surface area contributed by atoms with Gasteiger partial charge < -0.3 is 4.74 Å². The molecule has 0 spiro atoms. The van der Waals surface area contributed by atoms with Crippen LogP contribution in [0.5, 0.6) is 0 Å². The third kappa shape index (κ3) is 4.07. The van der Waals surface area contributed by atoms with E-state index in [-0.39, 0.29) is 5.97 Å². The molecular weight excluding hydrogens is 196 g/mol. The number of hydrogen-bond donors (Lipinski definition) is 0. The predicted molar refractivity (Wildman–Crippen MR) is 54.0 cm³/mol. The van der Waals surface area contributed by atoms with E-state index in [1.165, 1.54) is 7.11 Å². The molecule has 0 atom stereocenters. The molecule has 6 nitrogen and oxygen atoms in total. The zero-order chi connectivity index (χ0) is 11.3. The molecule has 1 aromatic heterocycles. The number of rotatable bonds is 5. The van der Waals surface area contributed by atoms with Gasteiger partial charge in [0.2, 0.25) is 0 Å². The number of aryl methyl sites for hydroxylation is 1. The van der Waals surface area contributed by atoms with Gasteiger partial charge in [-0.05, 0) is 7.05 Å². The number of methoxy groups -OCH3 is 1. The van der Waals surface area contributed by atoms with E-state index in [0.717, 1.165) is 5.69 Å². The van der Waals surface area contributed by atoms with Gasteiger partial charge in [0.15, 0.2) is 0 Å². The fourth-order valence-corrected chi connectivity index (χ4v) is 1.21. The third-order valence-electron chi connectivity index (χ3n) is 2.01. The Bertz CT molecular complexity index is 324. The molecule has 0 aliphatic heterocycles. The molecule has 84 valence electrons. The van der Waals surface area contributed by atoms with Crippen LogP contribution < -0.4 is 0 Å². The number of aromatic nitrogens is 3. The fraction of sp³-hybridized carbons (Fsp3) is 0.667. The first-order chi connectivity index (χ1) is 7.11. The minimum absolute atomic E-state index is 0.194. The Balaban J connectivity index is 2.30. The van der Waals surface area contributed by atoms with Crippen LogP contribution in [-0.2, 0) is 23.1 Å². The van der Waals surface area contributed by atoms with Crippen LogP contribution in [0.15, 0.2) is 6.20 Å². The third-order valence-corrected chi connectivity index (χ3v) is 2.01. The van der Waals surface area contributed by atoms with E-state index in [2.05, 4.69) is 15.0 Å². The molecule has 15 heavy (non-hydrogen) atoms. The Hall–Kier alpha value is -1.43. The smallest absolute Gasteiger partial charge is 0.306 e. The van der Waals surface area contributed by atoms with Crippen molar-refractivity contribution in [2.24, 2.45) is 7.05 Å². The van der Waals surface area contributed by atoms with Crippen molar-refractivity contribution < 1.29 is 9.53 Å². The van der Waals surface area contributed by atoms with Crippen molar-refractivity contribution in [2.45, 2.75) is 13.0 Å². The van der Waals surface area contributed by atoms with Gasteiger partial charge in [-0.1, -0.05) is 5.21 Å². The number of ether oxygens (including phenoxy) is 1. The molecule has 0 aromatic carbocycles. The van der Waals surface area contributed by atoms with Gasteiger partial charge in [-0.2, -0.15) is 0 Å².